The number of nitroso groups, excluding NO2 is 1. The quantitative estimate of drug-likeness (QED) is 0.234. The second-order valence-corrected chi connectivity index (χ2v) is 7.89. The smallest absolute Gasteiger partial charge is 0.154 e. The van der Waals surface area contributed by atoms with Crippen LogP contribution in [0.25, 0.3) is 22.5 Å². The van der Waals surface area contributed by atoms with Crippen molar-refractivity contribution in [3.63, 3.8) is 0 Å². The Hall–Kier alpha value is -4.02. The molecule has 4 aromatic rings. The van der Waals surface area contributed by atoms with E-state index in [1.807, 2.05) is 54.0 Å². The van der Waals surface area contributed by atoms with Gasteiger partial charge in [-0.05, 0) is 53.9 Å². The molecule has 162 valence electrons. The number of halogens is 1. The first-order valence-corrected chi connectivity index (χ1v) is 10.7. The van der Waals surface area contributed by atoms with Crippen molar-refractivity contribution in [3.8, 4) is 28.6 Å². The van der Waals surface area contributed by atoms with Crippen LogP contribution in [-0.2, 0) is 13.0 Å². The summed E-state index contributed by atoms with van der Waals surface area (Å²) in [6, 6.07) is 23.5. The Morgan fingerprint density at radius 2 is 1.79 bits per heavy atom. The molecule has 0 aliphatic heterocycles. The van der Waals surface area contributed by atoms with E-state index in [4.69, 9.17) is 22.5 Å². The van der Waals surface area contributed by atoms with Crippen molar-refractivity contribution < 1.29 is 4.39 Å². The van der Waals surface area contributed by atoms with Gasteiger partial charge in [0, 0.05) is 17.7 Å². The number of hydrogen-bond donors (Lipinski definition) is 0. The van der Waals surface area contributed by atoms with Crippen molar-refractivity contribution in [2.24, 2.45) is 5.18 Å². The van der Waals surface area contributed by atoms with Crippen LogP contribution < -0.4 is 0 Å². The second kappa shape index (κ2) is 9.63. The van der Waals surface area contributed by atoms with Crippen LogP contribution in [-0.4, -0.2) is 9.55 Å². The van der Waals surface area contributed by atoms with Crippen molar-refractivity contribution in [1.29, 1.82) is 5.26 Å². The van der Waals surface area contributed by atoms with Gasteiger partial charge in [0.25, 0.3) is 0 Å². The topological polar surface area (TPSA) is 71.0 Å². The van der Waals surface area contributed by atoms with Crippen LogP contribution in [0.1, 0.15) is 16.8 Å². The van der Waals surface area contributed by atoms with Crippen LogP contribution >= 0.6 is 12.2 Å². The Bertz CT molecular complexity index is 1420. The summed E-state index contributed by atoms with van der Waals surface area (Å²) in [5.41, 5.74) is 3.87. The Kier molecular flexibility index (Phi) is 6.48. The molecule has 0 amide bonds. The third-order valence-electron chi connectivity index (χ3n) is 5.44. The Morgan fingerprint density at radius 1 is 1.06 bits per heavy atom. The fourth-order valence-corrected chi connectivity index (χ4v) is 4.24. The van der Waals surface area contributed by atoms with Gasteiger partial charge in [0.1, 0.15) is 10.5 Å². The molecule has 0 N–H and O–H groups in total. The van der Waals surface area contributed by atoms with E-state index in [-0.39, 0.29) is 5.69 Å². The first-order chi connectivity index (χ1) is 16.0. The molecule has 0 fully saturated rings. The molecule has 0 aliphatic carbocycles. The van der Waals surface area contributed by atoms with E-state index in [9.17, 15) is 9.30 Å². The first-order valence-electron chi connectivity index (χ1n) is 10.3. The van der Waals surface area contributed by atoms with Crippen LogP contribution in [0.2, 0.25) is 0 Å². The maximum atomic E-state index is 14.4. The van der Waals surface area contributed by atoms with Crippen molar-refractivity contribution >= 4 is 17.9 Å². The molecule has 0 radical (unpaired) electrons. The van der Waals surface area contributed by atoms with E-state index in [0.29, 0.717) is 40.3 Å². The lowest BCUT2D eigenvalue weighted by Crippen LogP contribution is -2.12. The number of rotatable bonds is 6. The molecule has 0 atom stereocenters. The van der Waals surface area contributed by atoms with Crippen LogP contribution in [0.15, 0.2) is 78.0 Å². The van der Waals surface area contributed by atoms with Crippen molar-refractivity contribution in [1.82, 2.24) is 9.55 Å². The molecule has 0 bridgehead atoms. The van der Waals surface area contributed by atoms with Crippen LogP contribution in [0.3, 0.4) is 0 Å². The average molecular weight is 455 g/mol. The fourth-order valence-electron chi connectivity index (χ4n) is 3.79. The number of nitriles is 1. The minimum atomic E-state index is -0.710. The summed E-state index contributed by atoms with van der Waals surface area (Å²) in [5.74, 6) is -0.321. The van der Waals surface area contributed by atoms with Crippen LogP contribution in [0, 0.1) is 33.6 Å². The third-order valence-corrected chi connectivity index (χ3v) is 5.86. The van der Waals surface area contributed by atoms with E-state index < -0.39 is 5.82 Å². The first kappa shape index (κ1) is 22.2. The molecule has 1 aromatic heterocycles. The van der Waals surface area contributed by atoms with Crippen molar-refractivity contribution in [3.05, 3.63) is 105 Å². The highest BCUT2D eigenvalue weighted by atomic mass is 32.1. The molecule has 3 aromatic carbocycles. The maximum absolute atomic E-state index is 14.4. The highest BCUT2D eigenvalue weighted by molar-refractivity contribution is 7.71. The predicted molar refractivity (Wildman–Crippen MR) is 129 cm³/mol. The summed E-state index contributed by atoms with van der Waals surface area (Å²) in [7, 11) is 0. The minimum absolute atomic E-state index is 0.290. The van der Waals surface area contributed by atoms with Crippen LogP contribution in [0.4, 0.5) is 10.1 Å². The molecule has 0 unspecified atom stereocenters. The van der Waals surface area contributed by atoms with E-state index in [1.165, 1.54) is 12.1 Å². The molecule has 0 aliphatic rings. The van der Waals surface area contributed by atoms with Gasteiger partial charge in [-0.1, -0.05) is 60.7 Å². The summed E-state index contributed by atoms with van der Waals surface area (Å²) in [4.78, 5) is 16.2. The maximum Gasteiger partial charge on any atom is 0.154 e. The lowest BCUT2D eigenvalue weighted by Gasteiger charge is -2.19. The molecule has 0 saturated heterocycles. The normalized spacial score (nSPS) is 10.6. The molecule has 4 rings (SSSR count). The molecule has 7 heteroatoms. The summed E-state index contributed by atoms with van der Waals surface area (Å²) >= 11 is 5.89. The zero-order valence-electron chi connectivity index (χ0n) is 17.8. The van der Waals surface area contributed by atoms with Gasteiger partial charge in [-0.3, -0.25) is 0 Å². The molecular formula is C26H19FN4OS. The monoisotopic (exact) mass is 454 g/mol. The highest BCUT2D eigenvalue weighted by Crippen LogP contribution is 2.34. The van der Waals surface area contributed by atoms with Crippen LogP contribution in [0.5, 0.6) is 0 Å². The average Bonchev–Trinajstić information content (AvgIpc) is 2.84. The molecule has 33 heavy (non-hydrogen) atoms. The summed E-state index contributed by atoms with van der Waals surface area (Å²) < 4.78 is 16.7. The highest BCUT2D eigenvalue weighted by Gasteiger charge is 2.19. The zero-order chi connectivity index (χ0) is 23.4. The van der Waals surface area contributed by atoms with Crippen molar-refractivity contribution in [2.45, 2.75) is 19.9 Å². The van der Waals surface area contributed by atoms with E-state index >= 15 is 0 Å². The number of aryl methyl sites for hydroxylation is 2. The van der Waals surface area contributed by atoms with Gasteiger partial charge >= 0.3 is 0 Å². The van der Waals surface area contributed by atoms with E-state index in [2.05, 4.69) is 11.2 Å². The molecule has 0 saturated carbocycles. The van der Waals surface area contributed by atoms with Gasteiger partial charge in [0.15, 0.2) is 11.5 Å². The summed E-state index contributed by atoms with van der Waals surface area (Å²) in [6.07, 6.45) is 0.666. The fraction of sp³-hybridized carbons (Fsp3) is 0.115. The summed E-state index contributed by atoms with van der Waals surface area (Å²) in [6.45, 7) is 2.30. The third kappa shape index (κ3) is 4.47. The SMILES string of the molecule is Cc1nc(-c2cccc(F)c2N=O)n(CCc2ccccc2)c(=S)c1-c1ccc(C#N)cc1. The Balaban J connectivity index is 1.92. The zero-order valence-corrected chi connectivity index (χ0v) is 18.6. The number of nitrogens with zero attached hydrogens (tertiary/aromatic N) is 4. The Morgan fingerprint density at radius 3 is 2.45 bits per heavy atom. The molecular weight excluding hydrogens is 435 g/mol. The number of hydrogen-bond acceptors (Lipinski definition) is 5. The van der Waals surface area contributed by atoms with Crippen molar-refractivity contribution in [2.75, 3.05) is 0 Å². The molecule has 5 nitrogen and oxygen atoms in total. The lowest BCUT2D eigenvalue weighted by molar-refractivity contribution is 0.628. The van der Waals surface area contributed by atoms with E-state index in [1.54, 1.807) is 18.2 Å². The van der Waals surface area contributed by atoms with Gasteiger partial charge in [0.05, 0.1) is 17.3 Å². The lowest BCUT2D eigenvalue weighted by atomic mass is 10.0. The minimum Gasteiger partial charge on any atom is -0.316 e. The largest absolute Gasteiger partial charge is 0.316 e. The van der Waals surface area contributed by atoms with E-state index in [0.717, 1.165) is 16.7 Å². The van der Waals surface area contributed by atoms with Gasteiger partial charge in [-0.2, -0.15) is 5.26 Å². The number of aromatic nitrogens is 2. The van der Waals surface area contributed by atoms with Gasteiger partial charge < -0.3 is 4.57 Å². The molecule has 0 spiro atoms. The van der Waals surface area contributed by atoms with Gasteiger partial charge in [0.2, 0.25) is 0 Å². The van der Waals surface area contributed by atoms with Gasteiger partial charge in [-0.15, -0.1) is 4.91 Å². The number of benzene rings is 3. The van der Waals surface area contributed by atoms with Gasteiger partial charge in [-0.25, -0.2) is 9.37 Å². The predicted octanol–water partition coefficient (Wildman–Crippen LogP) is 6.91. The standard InChI is InChI=1S/C26H19FN4OS/c1-17-23(20-12-10-19(16-28)11-13-20)26(33)31(15-14-18-6-3-2-4-7-18)25(29-17)21-8-5-9-22(27)24(21)30-32/h2-13H,14-15H2,1H3. The summed E-state index contributed by atoms with van der Waals surface area (Å²) in [5, 5.41) is 12.0. The Labute approximate surface area is 195 Å². The molecule has 1 heterocycles. The second-order valence-electron chi connectivity index (χ2n) is 7.50.